The van der Waals surface area contributed by atoms with E-state index in [4.69, 9.17) is 12.2 Å². The minimum atomic E-state index is 0.150. The highest BCUT2D eigenvalue weighted by Crippen LogP contribution is 2.22. The Kier molecular flexibility index (Phi) is 3.33. The van der Waals surface area contributed by atoms with Crippen LogP contribution >= 0.6 is 24.0 Å². The first-order chi connectivity index (χ1) is 5.29. The second-order valence-corrected chi connectivity index (χ2v) is 3.83. The summed E-state index contributed by atoms with van der Waals surface area (Å²) >= 11 is 6.56. The lowest BCUT2D eigenvalue weighted by Crippen LogP contribution is -2.34. The molecule has 2 nitrogen and oxygen atoms in total. The fraction of sp³-hybridized carbons (Fsp3) is 0.714. The third-order valence-corrected chi connectivity index (χ3v) is 3.25. The molecule has 0 N–H and O–H groups in total. The number of amides is 1. The monoisotopic (exact) mass is 189 g/mol. The summed E-state index contributed by atoms with van der Waals surface area (Å²) in [5.74, 6) is 1.23. The van der Waals surface area contributed by atoms with E-state index in [-0.39, 0.29) is 11.3 Å². The Bertz CT molecular complexity index is 172. The van der Waals surface area contributed by atoms with E-state index < -0.39 is 0 Å². The first-order valence-electron chi connectivity index (χ1n) is 3.66. The third kappa shape index (κ3) is 1.93. The first-order valence-corrected chi connectivity index (χ1v) is 5.18. The zero-order valence-electron chi connectivity index (χ0n) is 6.45. The number of hydrogen-bond donors (Lipinski definition) is 0. The van der Waals surface area contributed by atoms with Crippen LogP contribution < -0.4 is 0 Å². The van der Waals surface area contributed by atoms with Crippen LogP contribution in [0.15, 0.2) is 0 Å². The van der Waals surface area contributed by atoms with E-state index in [0.717, 1.165) is 12.3 Å². The highest BCUT2D eigenvalue weighted by atomic mass is 32.2. The molecule has 0 aromatic heterocycles. The number of carbonyl (C=O) groups is 1. The predicted molar refractivity (Wildman–Crippen MR) is 51.9 cm³/mol. The molecule has 62 valence electrons. The number of thiocarbonyl (C=S) groups is 1. The van der Waals surface area contributed by atoms with Crippen molar-refractivity contribution in [1.29, 1.82) is 0 Å². The standard InChI is InChI=1S/C7H11NOS2/c1-2-6(9)8-3-4-11-7(8)5-10/h5,7H,2-4H2,1H3. The minimum absolute atomic E-state index is 0.150. The van der Waals surface area contributed by atoms with E-state index in [0.29, 0.717) is 6.42 Å². The van der Waals surface area contributed by atoms with E-state index >= 15 is 0 Å². The number of carbonyl (C=O) groups excluding carboxylic acids is 1. The molecular formula is C7H11NOS2. The van der Waals surface area contributed by atoms with Gasteiger partial charge < -0.3 is 4.90 Å². The Morgan fingerprint density at radius 3 is 3.18 bits per heavy atom. The molecule has 4 heteroatoms. The maximum Gasteiger partial charge on any atom is 0.223 e. The second-order valence-electron chi connectivity index (χ2n) is 2.34. The highest BCUT2D eigenvalue weighted by Gasteiger charge is 2.25. The maximum absolute atomic E-state index is 11.2. The number of thioether (sulfide) groups is 1. The minimum Gasteiger partial charge on any atom is -0.326 e. The van der Waals surface area contributed by atoms with Crippen LogP contribution in [0.3, 0.4) is 0 Å². The quantitative estimate of drug-likeness (QED) is 0.611. The first kappa shape index (κ1) is 9.00. The van der Waals surface area contributed by atoms with Gasteiger partial charge in [0.15, 0.2) is 0 Å². The zero-order chi connectivity index (χ0) is 8.27. The molecule has 1 rings (SSSR count). The van der Waals surface area contributed by atoms with Crippen LogP contribution in [0.2, 0.25) is 0 Å². The Hall–Kier alpha value is -0.0900. The van der Waals surface area contributed by atoms with Crippen LogP contribution in [0.1, 0.15) is 13.3 Å². The number of nitrogens with zero attached hydrogens (tertiary/aromatic N) is 1. The summed E-state index contributed by atoms with van der Waals surface area (Å²) in [5.41, 5.74) is 0. The average Bonchev–Trinajstić information content (AvgIpc) is 2.50. The summed E-state index contributed by atoms with van der Waals surface area (Å²) in [7, 11) is 0. The van der Waals surface area contributed by atoms with Crippen molar-refractivity contribution in [1.82, 2.24) is 4.90 Å². The van der Waals surface area contributed by atoms with Gasteiger partial charge in [-0.1, -0.05) is 19.1 Å². The third-order valence-electron chi connectivity index (χ3n) is 1.67. The molecule has 0 bridgehead atoms. The van der Waals surface area contributed by atoms with Gasteiger partial charge in [-0.2, -0.15) is 0 Å². The van der Waals surface area contributed by atoms with Crippen molar-refractivity contribution < 1.29 is 4.79 Å². The molecule has 1 heterocycles. The molecule has 1 amide bonds. The van der Waals surface area contributed by atoms with Gasteiger partial charge in [0.25, 0.3) is 0 Å². The lowest BCUT2D eigenvalue weighted by molar-refractivity contribution is -0.129. The molecule has 0 spiro atoms. The van der Waals surface area contributed by atoms with Crippen LogP contribution in [0.4, 0.5) is 0 Å². The summed E-state index contributed by atoms with van der Waals surface area (Å²) in [6.45, 7) is 2.74. The molecule has 0 aliphatic carbocycles. The van der Waals surface area contributed by atoms with Crippen LogP contribution in [0.25, 0.3) is 0 Å². The molecule has 1 aliphatic heterocycles. The van der Waals surface area contributed by atoms with E-state index in [1.54, 1.807) is 17.1 Å². The van der Waals surface area contributed by atoms with Gasteiger partial charge in [-0.05, 0) is 0 Å². The largest absolute Gasteiger partial charge is 0.326 e. The summed E-state index contributed by atoms with van der Waals surface area (Å²) in [6.07, 6.45) is 0.584. The van der Waals surface area contributed by atoms with Gasteiger partial charge in [-0.25, -0.2) is 0 Å². The molecule has 1 unspecified atom stereocenters. The molecule has 0 saturated carbocycles. The van der Waals surface area contributed by atoms with Crippen molar-refractivity contribution in [3.63, 3.8) is 0 Å². The van der Waals surface area contributed by atoms with Gasteiger partial charge in [0, 0.05) is 24.1 Å². The van der Waals surface area contributed by atoms with Crippen LogP contribution in [-0.2, 0) is 4.79 Å². The van der Waals surface area contributed by atoms with Crippen LogP contribution in [-0.4, -0.2) is 33.8 Å². The van der Waals surface area contributed by atoms with E-state index in [9.17, 15) is 4.79 Å². The Labute approximate surface area is 76.3 Å². The fourth-order valence-corrected chi connectivity index (χ4v) is 2.48. The van der Waals surface area contributed by atoms with Gasteiger partial charge in [-0.15, -0.1) is 11.8 Å². The molecule has 1 fully saturated rings. The normalized spacial score (nSPS) is 23.7. The maximum atomic E-state index is 11.2. The van der Waals surface area contributed by atoms with Gasteiger partial charge in [0.2, 0.25) is 5.91 Å². The van der Waals surface area contributed by atoms with Crippen LogP contribution in [0, 0.1) is 0 Å². The van der Waals surface area contributed by atoms with Gasteiger partial charge >= 0.3 is 0 Å². The molecule has 1 saturated heterocycles. The molecule has 1 aliphatic rings. The van der Waals surface area contributed by atoms with Gasteiger partial charge in [0.05, 0.1) is 0 Å². The number of hydrogen-bond acceptors (Lipinski definition) is 3. The van der Waals surface area contributed by atoms with Crippen LogP contribution in [0.5, 0.6) is 0 Å². The fourth-order valence-electron chi connectivity index (χ4n) is 1.07. The zero-order valence-corrected chi connectivity index (χ0v) is 8.08. The van der Waals surface area contributed by atoms with Crippen molar-refractivity contribution in [2.24, 2.45) is 0 Å². The van der Waals surface area contributed by atoms with Gasteiger partial charge in [-0.3, -0.25) is 4.79 Å². The predicted octanol–water partition coefficient (Wildman–Crippen LogP) is 1.30. The van der Waals surface area contributed by atoms with Crippen molar-refractivity contribution in [3.05, 3.63) is 0 Å². The molecule has 0 aromatic carbocycles. The Balaban J connectivity index is 2.56. The highest BCUT2D eigenvalue weighted by molar-refractivity contribution is 8.01. The molecular weight excluding hydrogens is 178 g/mol. The molecule has 0 radical (unpaired) electrons. The van der Waals surface area contributed by atoms with Crippen molar-refractivity contribution >= 4 is 35.3 Å². The molecule has 1 atom stereocenters. The summed E-state index contributed by atoms with van der Waals surface area (Å²) in [5, 5.41) is 1.82. The topological polar surface area (TPSA) is 20.3 Å². The summed E-state index contributed by atoms with van der Waals surface area (Å²) < 4.78 is 0. The molecule has 11 heavy (non-hydrogen) atoms. The van der Waals surface area contributed by atoms with E-state index in [2.05, 4.69) is 0 Å². The lowest BCUT2D eigenvalue weighted by Gasteiger charge is -2.19. The summed E-state index contributed by atoms with van der Waals surface area (Å²) in [4.78, 5) is 13.1. The van der Waals surface area contributed by atoms with Crippen molar-refractivity contribution in [3.8, 4) is 0 Å². The SMILES string of the molecule is CCC(=O)N1CCSC1C=S. The summed E-state index contributed by atoms with van der Waals surface area (Å²) in [6, 6.07) is 0. The van der Waals surface area contributed by atoms with E-state index in [1.807, 2.05) is 11.8 Å². The lowest BCUT2D eigenvalue weighted by atomic mass is 10.4. The second kappa shape index (κ2) is 4.07. The van der Waals surface area contributed by atoms with Crippen molar-refractivity contribution in [2.45, 2.75) is 18.7 Å². The van der Waals surface area contributed by atoms with Gasteiger partial charge in [0.1, 0.15) is 5.37 Å². The smallest absolute Gasteiger partial charge is 0.223 e. The molecule has 0 aromatic rings. The Morgan fingerprint density at radius 1 is 1.91 bits per heavy atom. The van der Waals surface area contributed by atoms with Crippen molar-refractivity contribution in [2.75, 3.05) is 12.3 Å². The Morgan fingerprint density at radius 2 is 2.64 bits per heavy atom. The average molecular weight is 189 g/mol. The number of rotatable bonds is 2. The van der Waals surface area contributed by atoms with E-state index in [1.165, 1.54) is 0 Å².